The number of rotatable bonds is 5. The van der Waals surface area contributed by atoms with E-state index in [1.165, 1.54) is 0 Å². The van der Waals surface area contributed by atoms with Crippen molar-refractivity contribution in [2.24, 2.45) is 0 Å². The summed E-state index contributed by atoms with van der Waals surface area (Å²) in [6, 6.07) is 7.91. The first kappa shape index (κ1) is 14.5. The van der Waals surface area contributed by atoms with Crippen LogP contribution in [0.3, 0.4) is 0 Å². The Balaban J connectivity index is 2.04. The zero-order valence-electron chi connectivity index (χ0n) is 12.4. The molecule has 0 bridgehead atoms. The molecule has 0 atom stereocenters. The second-order valence-electron chi connectivity index (χ2n) is 5.70. The molecule has 0 radical (unpaired) electrons. The van der Waals surface area contributed by atoms with E-state index in [0.717, 1.165) is 17.1 Å². The highest BCUT2D eigenvalue weighted by atomic mass is 16.5. The molecule has 6 nitrogen and oxygen atoms in total. The molecule has 0 aliphatic rings. The van der Waals surface area contributed by atoms with E-state index < -0.39 is 0 Å². The van der Waals surface area contributed by atoms with Gasteiger partial charge in [-0.15, -0.1) is 5.10 Å². The van der Waals surface area contributed by atoms with E-state index in [-0.39, 0.29) is 5.54 Å². The van der Waals surface area contributed by atoms with Crippen LogP contribution in [0.1, 0.15) is 32.2 Å². The summed E-state index contributed by atoms with van der Waals surface area (Å²) in [5, 5.41) is 15.2. The number of aromatic nitrogens is 4. The van der Waals surface area contributed by atoms with Gasteiger partial charge >= 0.3 is 0 Å². The third-order valence-electron chi connectivity index (χ3n) is 2.87. The summed E-state index contributed by atoms with van der Waals surface area (Å²) in [6.07, 6.45) is 0. The normalized spacial score (nSPS) is 11.6. The van der Waals surface area contributed by atoms with E-state index in [0.29, 0.717) is 13.1 Å². The third kappa shape index (κ3) is 4.03. The van der Waals surface area contributed by atoms with Crippen molar-refractivity contribution in [3.63, 3.8) is 0 Å². The van der Waals surface area contributed by atoms with E-state index in [9.17, 15) is 0 Å². The smallest absolute Gasteiger partial charge is 0.165 e. The maximum Gasteiger partial charge on any atom is 0.165 e. The van der Waals surface area contributed by atoms with Gasteiger partial charge in [-0.1, -0.05) is 12.1 Å². The van der Waals surface area contributed by atoms with Crippen LogP contribution in [0.25, 0.3) is 0 Å². The lowest BCUT2D eigenvalue weighted by atomic mass is 10.1. The average molecular weight is 275 g/mol. The Morgan fingerprint density at radius 3 is 2.50 bits per heavy atom. The third-order valence-corrected chi connectivity index (χ3v) is 2.87. The number of benzene rings is 1. The van der Waals surface area contributed by atoms with Crippen LogP contribution in [0.4, 0.5) is 0 Å². The van der Waals surface area contributed by atoms with Crippen molar-refractivity contribution in [3.05, 3.63) is 35.7 Å². The molecule has 108 valence electrons. The van der Waals surface area contributed by atoms with Crippen molar-refractivity contribution >= 4 is 0 Å². The number of ether oxygens (including phenoxy) is 1. The predicted octanol–water partition coefficient (Wildman–Crippen LogP) is 1.62. The van der Waals surface area contributed by atoms with Crippen LogP contribution in [0, 0.1) is 0 Å². The van der Waals surface area contributed by atoms with Gasteiger partial charge in [-0.25, -0.2) is 4.68 Å². The van der Waals surface area contributed by atoms with Crippen LogP contribution in [0.2, 0.25) is 0 Å². The Morgan fingerprint density at radius 2 is 1.90 bits per heavy atom. The SMILES string of the molecule is COc1ccc(Cn2nnnc2CNC(C)(C)C)cc1. The lowest BCUT2D eigenvalue weighted by Crippen LogP contribution is -2.36. The van der Waals surface area contributed by atoms with Crippen molar-refractivity contribution in [1.29, 1.82) is 0 Å². The molecular formula is C14H21N5O. The van der Waals surface area contributed by atoms with Crippen molar-refractivity contribution < 1.29 is 4.74 Å². The minimum absolute atomic E-state index is 0.0386. The highest BCUT2D eigenvalue weighted by Crippen LogP contribution is 2.12. The molecule has 6 heteroatoms. The molecule has 1 heterocycles. The predicted molar refractivity (Wildman–Crippen MR) is 76.5 cm³/mol. The van der Waals surface area contributed by atoms with Crippen molar-refractivity contribution in [1.82, 2.24) is 25.5 Å². The number of hydrogen-bond donors (Lipinski definition) is 1. The number of methoxy groups -OCH3 is 1. The molecule has 1 aromatic heterocycles. The molecule has 0 fully saturated rings. The maximum absolute atomic E-state index is 5.15. The zero-order chi connectivity index (χ0) is 14.6. The topological polar surface area (TPSA) is 64.9 Å². The Kier molecular flexibility index (Phi) is 4.34. The highest BCUT2D eigenvalue weighted by Gasteiger charge is 2.12. The Labute approximate surface area is 119 Å². The molecule has 2 aromatic rings. The molecule has 0 aliphatic heterocycles. The van der Waals surface area contributed by atoms with Crippen LogP contribution < -0.4 is 10.1 Å². The summed E-state index contributed by atoms with van der Waals surface area (Å²) in [5.74, 6) is 1.68. The van der Waals surface area contributed by atoms with Crippen LogP contribution in [0.15, 0.2) is 24.3 Å². The molecule has 0 saturated carbocycles. The molecular weight excluding hydrogens is 254 g/mol. The van der Waals surface area contributed by atoms with Gasteiger partial charge in [0.2, 0.25) is 0 Å². The summed E-state index contributed by atoms with van der Waals surface area (Å²) >= 11 is 0. The van der Waals surface area contributed by atoms with E-state index >= 15 is 0 Å². The minimum Gasteiger partial charge on any atom is -0.497 e. The molecule has 1 aromatic carbocycles. The lowest BCUT2D eigenvalue weighted by Gasteiger charge is -2.19. The number of hydrogen-bond acceptors (Lipinski definition) is 5. The van der Waals surface area contributed by atoms with Gasteiger partial charge in [-0.2, -0.15) is 0 Å². The molecule has 0 spiro atoms. The monoisotopic (exact) mass is 275 g/mol. The number of nitrogens with one attached hydrogen (secondary N) is 1. The molecule has 0 aliphatic carbocycles. The number of tetrazole rings is 1. The summed E-state index contributed by atoms with van der Waals surface area (Å²) in [5.41, 5.74) is 1.17. The van der Waals surface area contributed by atoms with E-state index in [1.54, 1.807) is 11.8 Å². The fourth-order valence-electron chi connectivity index (χ4n) is 1.72. The van der Waals surface area contributed by atoms with Crippen molar-refractivity contribution in [2.45, 2.75) is 39.4 Å². The molecule has 1 N–H and O–H groups in total. The molecule has 0 amide bonds. The zero-order valence-corrected chi connectivity index (χ0v) is 12.4. The summed E-state index contributed by atoms with van der Waals surface area (Å²) < 4.78 is 6.95. The first-order chi connectivity index (χ1) is 9.48. The van der Waals surface area contributed by atoms with Crippen LogP contribution >= 0.6 is 0 Å². The molecule has 0 unspecified atom stereocenters. The van der Waals surface area contributed by atoms with Gasteiger partial charge in [0.25, 0.3) is 0 Å². The largest absolute Gasteiger partial charge is 0.497 e. The second kappa shape index (κ2) is 6.00. The van der Waals surface area contributed by atoms with Crippen molar-refractivity contribution in [2.75, 3.05) is 7.11 Å². The van der Waals surface area contributed by atoms with Gasteiger partial charge in [0.1, 0.15) is 5.75 Å². The minimum atomic E-state index is 0.0386. The lowest BCUT2D eigenvalue weighted by molar-refractivity contribution is 0.409. The van der Waals surface area contributed by atoms with Gasteiger partial charge in [-0.05, 0) is 48.9 Å². The van der Waals surface area contributed by atoms with E-state index in [4.69, 9.17) is 4.74 Å². The van der Waals surface area contributed by atoms with Gasteiger partial charge in [0.05, 0.1) is 20.2 Å². The quantitative estimate of drug-likeness (QED) is 0.898. The fraction of sp³-hybridized carbons (Fsp3) is 0.500. The van der Waals surface area contributed by atoms with Crippen LogP contribution in [-0.4, -0.2) is 32.9 Å². The van der Waals surface area contributed by atoms with Gasteiger partial charge in [0.15, 0.2) is 5.82 Å². The number of nitrogens with zero attached hydrogens (tertiary/aromatic N) is 4. The first-order valence-corrected chi connectivity index (χ1v) is 6.61. The van der Waals surface area contributed by atoms with Crippen LogP contribution in [0.5, 0.6) is 5.75 Å². The molecule has 20 heavy (non-hydrogen) atoms. The van der Waals surface area contributed by atoms with Gasteiger partial charge < -0.3 is 10.1 Å². The second-order valence-corrected chi connectivity index (χ2v) is 5.70. The molecule has 0 saturated heterocycles. The molecule has 2 rings (SSSR count). The standard InChI is InChI=1S/C14H21N5O/c1-14(2,3)15-9-13-16-17-18-19(13)10-11-5-7-12(20-4)8-6-11/h5-8,15H,9-10H2,1-4H3. The van der Waals surface area contributed by atoms with Gasteiger partial charge in [-0.3, -0.25) is 0 Å². The summed E-state index contributed by atoms with van der Waals surface area (Å²) in [6.45, 7) is 7.64. The Morgan fingerprint density at radius 1 is 1.20 bits per heavy atom. The first-order valence-electron chi connectivity index (χ1n) is 6.61. The summed E-state index contributed by atoms with van der Waals surface area (Å²) in [7, 11) is 1.66. The fourth-order valence-corrected chi connectivity index (χ4v) is 1.72. The highest BCUT2D eigenvalue weighted by molar-refractivity contribution is 5.27. The van der Waals surface area contributed by atoms with Crippen LogP contribution in [-0.2, 0) is 13.1 Å². The Hall–Kier alpha value is -1.95. The average Bonchev–Trinajstić information content (AvgIpc) is 2.84. The van der Waals surface area contributed by atoms with Crippen molar-refractivity contribution in [3.8, 4) is 5.75 Å². The maximum atomic E-state index is 5.15. The Bertz CT molecular complexity index is 541. The van der Waals surface area contributed by atoms with E-state index in [2.05, 4.69) is 41.6 Å². The van der Waals surface area contributed by atoms with E-state index in [1.807, 2.05) is 24.3 Å². The summed E-state index contributed by atoms with van der Waals surface area (Å²) in [4.78, 5) is 0. The van der Waals surface area contributed by atoms with Gasteiger partial charge in [0, 0.05) is 5.54 Å².